The van der Waals surface area contributed by atoms with Gasteiger partial charge in [0.25, 0.3) is 5.91 Å². The minimum Gasteiger partial charge on any atom is -0.350 e. The third-order valence-electron chi connectivity index (χ3n) is 3.87. The molecular weight excluding hydrogens is 312 g/mol. The highest BCUT2D eigenvalue weighted by molar-refractivity contribution is 7.16. The van der Waals surface area contributed by atoms with Crippen molar-refractivity contribution in [2.45, 2.75) is 19.3 Å². The van der Waals surface area contributed by atoms with Crippen LogP contribution >= 0.6 is 11.3 Å². The molecule has 0 unspecified atom stereocenters. The summed E-state index contributed by atoms with van der Waals surface area (Å²) in [5.74, 6) is -0.135. The fourth-order valence-electron chi connectivity index (χ4n) is 2.59. The van der Waals surface area contributed by atoms with Gasteiger partial charge in [0.2, 0.25) is 0 Å². The molecule has 6 nitrogen and oxygen atoms in total. The van der Waals surface area contributed by atoms with Gasteiger partial charge in [-0.2, -0.15) is 0 Å². The van der Waals surface area contributed by atoms with Crippen molar-refractivity contribution in [2.75, 3.05) is 45.8 Å². The van der Waals surface area contributed by atoms with Gasteiger partial charge in [0.15, 0.2) is 5.78 Å². The van der Waals surface area contributed by atoms with E-state index in [-0.39, 0.29) is 11.7 Å². The number of nitrogens with two attached hydrogens (primary N) is 1. The Bertz CT molecular complexity index is 512. The highest BCUT2D eigenvalue weighted by Crippen LogP contribution is 2.16. The molecule has 128 valence electrons. The fourth-order valence-corrected chi connectivity index (χ4v) is 3.45. The maximum atomic E-state index is 12.1. The number of likely N-dealkylation sites (tertiary alicyclic amines) is 1. The van der Waals surface area contributed by atoms with E-state index >= 15 is 0 Å². The summed E-state index contributed by atoms with van der Waals surface area (Å²) in [4.78, 5) is 27.5. The number of amides is 1. The van der Waals surface area contributed by atoms with Gasteiger partial charge in [-0.1, -0.05) is 6.42 Å². The van der Waals surface area contributed by atoms with Crippen LogP contribution in [-0.2, 0) is 0 Å². The molecule has 0 radical (unpaired) electrons. The van der Waals surface area contributed by atoms with Gasteiger partial charge in [-0.15, -0.1) is 11.3 Å². The van der Waals surface area contributed by atoms with Gasteiger partial charge in [-0.05, 0) is 38.1 Å². The molecule has 2 rings (SSSR count). The normalized spacial score (nSPS) is 15.5. The van der Waals surface area contributed by atoms with Crippen molar-refractivity contribution in [3.05, 3.63) is 21.9 Å². The number of thiophene rings is 1. The number of rotatable bonds is 9. The monoisotopic (exact) mass is 338 g/mol. The largest absolute Gasteiger partial charge is 0.350 e. The number of Topliss-reactive ketones (excluding diaryl/α,β-unsaturated/α-hetero) is 1. The summed E-state index contributed by atoms with van der Waals surface area (Å²) >= 11 is 1.23. The van der Waals surface area contributed by atoms with Crippen molar-refractivity contribution in [1.82, 2.24) is 15.5 Å². The van der Waals surface area contributed by atoms with Crippen LogP contribution in [0.3, 0.4) is 0 Å². The maximum absolute atomic E-state index is 12.1. The Labute approximate surface area is 141 Å². The van der Waals surface area contributed by atoms with E-state index < -0.39 is 0 Å². The van der Waals surface area contributed by atoms with Gasteiger partial charge in [-0.25, -0.2) is 0 Å². The zero-order valence-corrected chi connectivity index (χ0v) is 14.3. The SMILES string of the molecule is NCCNC(=O)c1ccc(C(=O)CNCCN2CCCCC2)s1. The van der Waals surface area contributed by atoms with E-state index in [0.29, 0.717) is 29.4 Å². The van der Waals surface area contributed by atoms with Crippen LogP contribution in [0.2, 0.25) is 0 Å². The van der Waals surface area contributed by atoms with Crippen molar-refractivity contribution in [3.8, 4) is 0 Å². The molecule has 0 bridgehead atoms. The molecule has 1 fully saturated rings. The maximum Gasteiger partial charge on any atom is 0.261 e. The Morgan fingerprint density at radius 1 is 1.13 bits per heavy atom. The third-order valence-corrected chi connectivity index (χ3v) is 5.00. The number of hydrogen-bond acceptors (Lipinski definition) is 6. The smallest absolute Gasteiger partial charge is 0.261 e. The number of carbonyl (C=O) groups excluding carboxylic acids is 2. The standard InChI is InChI=1S/C16H26N4O2S/c17-6-7-19-16(22)15-5-4-14(23-15)13(21)12-18-8-11-20-9-2-1-3-10-20/h4-5,18H,1-3,6-12,17H2,(H,19,22). The van der Waals surface area contributed by atoms with Crippen molar-refractivity contribution >= 4 is 23.0 Å². The summed E-state index contributed by atoms with van der Waals surface area (Å²) in [6, 6.07) is 3.41. The molecule has 0 saturated carbocycles. The molecular formula is C16H26N4O2S. The number of ketones is 1. The van der Waals surface area contributed by atoms with Gasteiger partial charge in [0.05, 0.1) is 16.3 Å². The van der Waals surface area contributed by atoms with Gasteiger partial charge < -0.3 is 21.3 Å². The predicted molar refractivity (Wildman–Crippen MR) is 93.2 cm³/mol. The summed E-state index contributed by atoms with van der Waals surface area (Å²) in [5.41, 5.74) is 5.35. The zero-order chi connectivity index (χ0) is 16.5. The summed E-state index contributed by atoms with van der Waals surface area (Å²) in [6.07, 6.45) is 3.90. The highest BCUT2D eigenvalue weighted by Gasteiger charge is 2.14. The quantitative estimate of drug-likeness (QED) is 0.456. The van der Waals surface area contributed by atoms with Crippen molar-refractivity contribution in [2.24, 2.45) is 5.73 Å². The molecule has 0 spiro atoms. The van der Waals surface area contributed by atoms with Gasteiger partial charge in [0, 0.05) is 26.2 Å². The van der Waals surface area contributed by atoms with E-state index in [1.807, 2.05) is 0 Å². The first-order valence-corrected chi connectivity index (χ1v) is 9.06. The van der Waals surface area contributed by atoms with Gasteiger partial charge in [0.1, 0.15) is 0 Å². The van der Waals surface area contributed by atoms with E-state index in [9.17, 15) is 9.59 Å². The molecule has 0 atom stereocenters. The van der Waals surface area contributed by atoms with E-state index in [0.717, 1.165) is 13.1 Å². The van der Waals surface area contributed by atoms with Crippen LogP contribution in [-0.4, -0.2) is 62.4 Å². The number of piperidine rings is 1. The minimum atomic E-state index is -0.169. The second-order valence-electron chi connectivity index (χ2n) is 5.71. The fraction of sp³-hybridized carbons (Fsp3) is 0.625. The second kappa shape index (κ2) is 9.77. The van der Waals surface area contributed by atoms with E-state index in [1.165, 1.54) is 43.7 Å². The number of nitrogens with zero attached hydrogens (tertiary/aromatic N) is 1. The predicted octanol–water partition coefficient (Wildman–Crippen LogP) is 0.695. The lowest BCUT2D eigenvalue weighted by Crippen LogP contribution is -2.37. The van der Waals surface area contributed by atoms with Crippen LogP contribution in [0, 0.1) is 0 Å². The minimum absolute atomic E-state index is 0.0338. The second-order valence-corrected chi connectivity index (χ2v) is 6.79. The van der Waals surface area contributed by atoms with Crippen molar-refractivity contribution < 1.29 is 9.59 Å². The molecule has 1 aromatic rings. The molecule has 1 amide bonds. The van der Waals surface area contributed by atoms with Crippen LogP contribution in [0.1, 0.15) is 38.6 Å². The van der Waals surface area contributed by atoms with Gasteiger partial charge in [-0.3, -0.25) is 9.59 Å². The molecule has 0 aliphatic carbocycles. The molecule has 1 aliphatic heterocycles. The molecule has 1 saturated heterocycles. The Morgan fingerprint density at radius 2 is 1.87 bits per heavy atom. The average molecular weight is 338 g/mol. The number of hydrogen-bond donors (Lipinski definition) is 3. The van der Waals surface area contributed by atoms with Crippen LogP contribution in [0.25, 0.3) is 0 Å². The Morgan fingerprint density at radius 3 is 2.61 bits per heavy atom. The molecule has 2 heterocycles. The van der Waals surface area contributed by atoms with E-state index in [4.69, 9.17) is 5.73 Å². The lowest BCUT2D eigenvalue weighted by atomic mass is 10.1. The molecule has 0 aromatic carbocycles. The summed E-state index contributed by atoms with van der Waals surface area (Å²) < 4.78 is 0. The first-order valence-electron chi connectivity index (χ1n) is 8.25. The molecule has 4 N–H and O–H groups in total. The zero-order valence-electron chi connectivity index (χ0n) is 13.5. The van der Waals surface area contributed by atoms with E-state index in [2.05, 4.69) is 15.5 Å². The Hall–Kier alpha value is -1.28. The number of carbonyl (C=O) groups is 2. The van der Waals surface area contributed by atoms with Crippen molar-refractivity contribution in [1.29, 1.82) is 0 Å². The summed E-state index contributed by atoms with van der Waals surface area (Å²) in [5, 5.41) is 5.91. The highest BCUT2D eigenvalue weighted by atomic mass is 32.1. The summed E-state index contributed by atoms with van der Waals surface area (Å²) in [6.45, 7) is 5.31. The van der Waals surface area contributed by atoms with Crippen LogP contribution < -0.4 is 16.4 Å². The van der Waals surface area contributed by atoms with Gasteiger partial charge >= 0.3 is 0 Å². The average Bonchev–Trinajstić information content (AvgIpc) is 3.07. The number of nitrogens with one attached hydrogen (secondary N) is 2. The molecule has 23 heavy (non-hydrogen) atoms. The Balaban J connectivity index is 1.69. The molecule has 1 aromatic heterocycles. The van der Waals surface area contributed by atoms with Crippen molar-refractivity contribution in [3.63, 3.8) is 0 Å². The van der Waals surface area contributed by atoms with Crippen LogP contribution in [0.4, 0.5) is 0 Å². The summed E-state index contributed by atoms with van der Waals surface area (Å²) in [7, 11) is 0. The third kappa shape index (κ3) is 6.02. The van der Waals surface area contributed by atoms with Crippen LogP contribution in [0.15, 0.2) is 12.1 Å². The lowest BCUT2D eigenvalue weighted by molar-refractivity contribution is 0.0957. The lowest BCUT2D eigenvalue weighted by Gasteiger charge is -2.26. The topological polar surface area (TPSA) is 87.5 Å². The first-order chi connectivity index (χ1) is 11.2. The molecule has 1 aliphatic rings. The van der Waals surface area contributed by atoms with Crippen LogP contribution in [0.5, 0.6) is 0 Å². The first kappa shape index (κ1) is 18.1. The Kier molecular flexibility index (Phi) is 7.67. The molecule has 7 heteroatoms. The van der Waals surface area contributed by atoms with E-state index in [1.54, 1.807) is 12.1 Å².